The fraction of sp³-hybridized carbons (Fsp3) is 0.435. The number of nitrogens with zero attached hydrogens (tertiary/aromatic N) is 5. The zero-order valence-corrected chi connectivity index (χ0v) is 20.5. The maximum Gasteiger partial charge on any atom is 0.416 e. The van der Waals surface area contributed by atoms with Crippen LogP contribution < -0.4 is 9.80 Å². The molecule has 2 heterocycles. The quantitative estimate of drug-likeness (QED) is 0.512. The van der Waals surface area contributed by atoms with E-state index in [0.29, 0.717) is 19.5 Å². The molecule has 1 fully saturated rings. The van der Waals surface area contributed by atoms with Crippen LogP contribution in [0.4, 0.5) is 33.9 Å². The lowest BCUT2D eigenvalue weighted by Gasteiger charge is -2.27. The molecule has 1 aliphatic heterocycles. The Labute approximate surface area is 205 Å². The second-order valence-electron chi connectivity index (χ2n) is 8.62. The Hall–Kier alpha value is -2.92. The van der Waals surface area contributed by atoms with E-state index in [1.807, 2.05) is 19.0 Å². The van der Waals surface area contributed by atoms with Crippen LogP contribution in [0.5, 0.6) is 0 Å². The number of alkyl halides is 3. The van der Waals surface area contributed by atoms with Gasteiger partial charge in [-0.25, -0.2) is 14.2 Å². The number of likely N-dealkylation sites (N-methyl/N-ethyl adjacent to an activating group) is 1. The van der Waals surface area contributed by atoms with Crippen LogP contribution in [0, 0.1) is 12.7 Å². The number of rotatable bonds is 7. The number of carbonyl (C=O) groups excluding carboxylic acids is 2. The van der Waals surface area contributed by atoms with Crippen LogP contribution in [0.3, 0.4) is 0 Å². The second-order valence-corrected chi connectivity index (χ2v) is 9.03. The molecule has 1 aromatic heterocycles. The van der Waals surface area contributed by atoms with E-state index in [-0.39, 0.29) is 28.8 Å². The number of anilines is 2. The topological polar surface area (TPSA) is 60.0 Å². The van der Waals surface area contributed by atoms with Crippen LogP contribution in [0.1, 0.15) is 17.7 Å². The lowest BCUT2D eigenvalue weighted by molar-refractivity contribution is -0.137. The number of aromatic nitrogens is 1. The van der Waals surface area contributed by atoms with E-state index >= 15 is 0 Å². The van der Waals surface area contributed by atoms with Gasteiger partial charge in [0.15, 0.2) is 0 Å². The highest BCUT2D eigenvalue weighted by Gasteiger charge is 2.45. The number of urea groups is 1. The van der Waals surface area contributed by atoms with Crippen LogP contribution >= 0.6 is 11.6 Å². The van der Waals surface area contributed by atoms with Gasteiger partial charge in [0.1, 0.15) is 17.7 Å². The summed E-state index contributed by atoms with van der Waals surface area (Å²) in [5, 5.41) is -0.193. The molecule has 1 aliphatic rings. The van der Waals surface area contributed by atoms with Crippen molar-refractivity contribution in [2.24, 2.45) is 0 Å². The lowest BCUT2D eigenvalue weighted by atomic mass is 10.1. The van der Waals surface area contributed by atoms with Crippen molar-refractivity contribution in [2.75, 3.05) is 50.6 Å². The minimum atomic E-state index is -4.65. The lowest BCUT2D eigenvalue weighted by Crippen LogP contribution is -2.47. The number of aryl methyl sites for hydroxylation is 1. The smallest absolute Gasteiger partial charge is 0.322 e. The van der Waals surface area contributed by atoms with Crippen molar-refractivity contribution < 1.29 is 27.2 Å². The van der Waals surface area contributed by atoms with E-state index in [4.69, 9.17) is 11.6 Å². The molecule has 0 radical (unpaired) electrons. The highest BCUT2D eigenvalue weighted by Crippen LogP contribution is 2.34. The van der Waals surface area contributed by atoms with E-state index in [9.17, 15) is 27.2 Å². The molecule has 7 nitrogen and oxygen atoms in total. The van der Waals surface area contributed by atoms with Crippen LogP contribution in [-0.2, 0) is 11.0 Å². The molecule has 0 saturated carbocycles. The number of carbonyl (C=O) groups is 2. The SMILES string of the molecule is Cc1cc(C(F)(F)F)cc(N2C(=O)N(CCCN(C)C)CC2C(=O)N(C)c2ccc(F)c(Cl)c2)n1. The third kappa shape index (κ3) is 6.02. The van der Waals surface area contributed by atoms with Gasteiger partial charge in [-0.05, 0) is 64.3 Å². The standard InChI is InChI=1S/C23H26ClF4N5O2/c1-14-10-15(23(26,27)28)11-20(29-14)33-19(13-32(22(33)35)9-5-8-30(2)3)21(34)31(4)16-6-7-18(25)17(24)12-16/h6-7,10-12,19H,5,8-9,13H2,1-4H3. The number of hydrogen-bond acceptors (Lipinski definition) is 4. The molecule has 3 amide bonds. The average molecular weight is 516 g/mol. The summed E-state index contributed by atoms with van der Waals surface area (Å²) in [6, 6.07) is 3.60. The Morgan fingerprint density at radius 2 is 1.89 bits per heavy atom. The number of benzene rings is 1. The molecule has 0 spiro atoms. The molecular weight excluding hydrogens is 490 g/mol. The Morgan fingerprint density at radius 3 is 2.49 bits per heavy atom. The zero-order chi connectivity index (χ0) is 26.1. The molecule has 0 N–H and O–H groups in total. The zero-order valence-electron chi connectivity index (χ0n) is 19.7. The van der Waals surface area contributed by atoms with Crippen LogP contribution in [-0.4, -0.2) is 73.5 Å². The van der Waals surface area contributed by atoms with Gasteiger partial charge in [-0.1, -0.05) is 11.6 Å². The van der Waals surface area contributed by atoms with E-state index in [1.165, 1.54) is 35.9 Å². The van der Waals surface area contributed by atoms with E-state index in [2.05, 4.69) is 4.98 Å². The molecule has 190 valence electrons. The Balaban J connectivity index is 1.99. The third-order valence-corrected chi connectivity index (χ3v) is 5.92. The van der Waals surface area contributed by atoms with Gasteiger partial charge < -0.3 is 14.7 Å². The number of amides is 3. The summed E-state index contributed by atoms with van der Waals surface area (Å²) < 4.78 is 54.0. The van der Waals surface area contributed by atoms with E-state index < -0.39 is 35.5 Å². The van der Waals surface area contributed by atoms with Crippen LogP contribution in [0.2, 0.25) is 5.02 Å². The summed E-state index contributed by atoms with van der Waals surface area (Å²) in [5.41, 5.74) is -0.643. The molecule has 1 atom stereocenters. The maximum absolute atomic E-state index is 13.6. The number of pyridine rings is 1. The first-order chi connectivity index (χ1) is 16.3. The van der Waals surface area contributed by atoms with Crippen molar-refractivity contribution in [3.63, 3.8) is 0 Å². The van der Waals surface area contributed by atoms with Gasteiger partial charge in [-0.2, -0.15) is 13.2 Å². The van der Waals surface area contributed by atoms with Crippen molar-refractivity contribution in [2.45, 2.75) is 25.6 Å². The fourth-order valence-electron chi connectivity index (χ4n) is 3.85. The summed E-state index contributed by atoms with van der Waals surface area (Å²) >= 11 is 5.85. The van der Waals surface area contributed by atoms with Crippen molar-refractivity contribution >= 4 is 35.0 Å². The Morgan fingerprint density at radius 1 is 1.20 bits per heavy atom. The van der Waals surface area contributed by atoms with Crippen molar-refractivity contribution in [3.8, 4) is 0 Å². The van der Waals surface area contributed by atoms with Gasteiger partial charge >= 0.3 is 12.2 Å². The third-order valence-electron chi connectivity index (χ3n) is 5.64. The average Bonchev–Trinajstić information content (AvgIpc) is 3.09. The van der Waals surface area contributed by atoms with Gasteiger partial charge in [0.05, 0.1) is 17.1 Å². The second kappa shape index (κ2) is 10.4. The van der Waals surface area contributed by atoms with Crippen molar-refractivity contribution in [1.29, 1.82) is 0 Å². The first-order valence-corrected chi connectivity index (χ1v) is 11.2. The molecular formula is C23H26ClF4N5O2. The summed E-state index contributed by atoms with van der Waals surface area (Å²) in [7, 11) is 5.18. The first-order valence-electron chi connectivity index (χ1n) is 10.8. The minimum absolute atomic E-state index is 0.0403. The van der Waals surface area contributed by atoms with Crippen molar-refractivity contribution in [3.05, 3.63) is 52.4 Å². The Bertz CT molecular complexity index is 1110. The summed E-state index contributed by atoms with van der Waals surface area (Å²) in [4.78, 5) is 36.5. The monoisotopic (exact) mass is 515 g/mol. The van der Waals surface area contributed by atoms with Gasteiger partial charge in [0.25, 0.3) is 5.91 Å². The predicted molar refractivity (Wildman–Crippen MR) is 125 cm³/mol. The highest BCUT2D eigenvalue weighted by atomic mass is 35.5. The molecule has 1 saturated heterocycles. The molecule has 1 aromatic carbocycles. The number of hydrogen-bond donors (Lipinski definition) is 0. The minimum Gasteiger partial charge on any atom is -0.322 e. The summed E-state index contributed by atoms with van der Waals surface area (Å²) in [5.74, 6) is -1.50. The van der Waals surface area contributed by atoms with Crippen LogP contribution in [0.25, 0.3) is 0 Å². The molecule has 3 rings (SSSR count). The van der Waals surface area contributed by atoms with Gasteiger partial charge in [0, 0.05) is 25.0 Å². The fourth-order valence-corrected chi connectivity index (χ4v) is 4.02. The molecule has 2 aromatic rings. The molecule has 0 bridgehead atoms. The Kier molecular flexibility index (Phi) is 7.90. The molecule has 1 unspecified atom stereocenters. The normalized spacial score (nSPS) is 16.4. The van der Waals surface area contributed by atoms with Crippen LogP contribution in [0.15, 0.2) is 30.3 Å². The van der Waals surface area contributed by atoms with Gasteiger partial charge in [0.2, 0.25) is 0 Å². The first kappa shape index (κ1) is 26.7. The largest absolute Gasteiger partial charge is 0.416 e. The van der Waals surface area contributed by atoms with E-state index in [1.54, 1.807) is 0 Å². The molecule has 12 heteroatoms. The highest BCUT2D eigenvalue weighted by molar-refractivity contribution is 6.31. The maximum atomic E-state index is 13.6. The van der Waals surface area contributed by atoms with Gasteiger partial charge in [-0.3, -0.25) is 9.69 Å². The molecule has 0 aliphatic carbocycles. The summed E-state index contributed by atoms with van der Waals surface area (Å²) in [6.07, 6.45) is -4.05. The summed E-state index contributed by atoms with van der Waals surface area (Å²) in [6.45, 7) is 2.33. The molecule has 35 heavy (non-hydrogen) atoms. The van der Waals surface area contributed by atoms with Crippen molar-refractivity contribution in [1.82, 2.24) is 14.8 Å². The number of halogens is 5. The predicted octanol–water partition coefficient (Wildman–Crippen LogP) is 4.43. The van der Waals surface area contributed by atoms with Gasteiger partial charge in [-0.15, -0.1) is 0 Å². The van der Waals surface area contributed by atoms with E-state index in [0.717, 1.165) is 23.1 Å².